The second-order valence-electron chi connectivity index (χ2n) is 5.47. The van der Waals surface area contributed by atoms with Crippen molar-refractivity contribution in [2.24, 2.45) is 0 Å². The van der Waals surface area contributed by atoms with Gasteiger partial charge in [0.05, 0.1) is 27.2 Å². The van der Waals surface area contributed by atoms with E-state index < -0.39 is 5.91 Å². The van der Waals surface area contributed by atoms with Crippen LogP contribution in [0.4, 0.5) is 0 Å². The van der Waals surface area contributed by atoms with Crippen LogP contribution in [-0.4, -0.2) is 32.6 Å². The standard InChI is InChI=1S/C19H22N2O5/c1-13-6-4-5-7-17(13)26-9-8-18(22)20-21-19(23)14-10-15(24-2)12-16(11-14)25-3/h4-7,10-12H,8-9H2,1-3H3,(H,20,22)(H,21,23). The Labute approximate surface area is 152 Å². The van der Waals surface area contributed by atoms with Crippen LogP contribution in [0, 0.1) is 6.92 Å². The first-order valence-electron chi connectivity index (χ1n) is 8.04. The third kappa shape index (κ3) is 5.41. The molecule has 0 saturated heterocycles. The smallest absolute Gasteiger partial charge is 0.269 e. The Balaban J connectivity index is 1.81. The van der Waals surface area contributed by atoms with E-state index in [9.17, 15) is 9.59 Å². The van der Waals surface area contributed by atoms with Crippen LogP contribution in [0.1, 0.15) is 22.3 Å². The first-order valence-corrected chi connectivity index (χ1v) is 8.04. The maximum absolute atomic E-state index is 12.2. The molecule has 2 aromatic rings. The van der Waals surface area contributed by atoms with Crippen LogP contribution in [0.5, 0.6) is 17.2 Å². The third-order valence-electron chi connectivity index (χ3n) is 3.61. The summed E-state index contributed by atoms with van der Waals surface area (Å²) in [6.07, 6.45) is 0.107. The molecule has 7 heteroatoms. The summed E-state index contributed by atoms with van der Waals surface area (Å²) in [5.74, 6) is 0.852. The number of hydrazine groups is 1. The summed E-state index contributed by atoms with van der Waals surface area (Å²) in [5, 5.41) is 0. The van der Waals surface area contributed by atoms with Gasteiger partial charge in [0.2, 0.25) is 5.91 Å². The molecule has 138 valence electrons. The lowest BCUT2D eigenvalue weighted by Crippen LogP contribution is -2.42. The van der Waals surface area contributed by atoms with Gasteiger partial charge in [0.25, 0.3) is 5.91 Å². The number of methoxy groups -OCH3 is 2. The van der Waals surface area contributed by atoms with Crippen molar-refractivity contribution < 1.29 is 23.8 Å². The minimum atomic E-state index is -0.477. The highest BCUT2D eigenvalue weighted by molar-refractivity contribution is 5.96. The van der Waals surface area contributed by atoms with E-state index in [2.05, 4.69) is 10.9 Å². The molecule has 0 aliphatic rings. The van der Waals surface area contributed by atoms with Crippen molar-refractivity contribution >= 4 is 11.8 Å². The Morgan fingerprint density at radius 2 is 1.62 bits per heavy atom. The highest BCUT2D eigenvalue weighted by atomic mass is 16.5. The SMILES string of the molecule is COc1cc(OC)cc(C(=O)NNC(=O)CCOc2ccccc2C)c1. The molecular weight excluding hydrogens is 336 g/mol. The molecule has 7 nitrogen and oxygen atoms in total. The van der Waals surface area contributed by atoms with Crippen molar-refractivity contribution in [1.82, 2.24) is 10.9 Å². The van der Waals surface area contributed by atoms with Gasteiger partial charge >= 0.3 is 0 Å². The Morgan fingerprint density at radius 1 is 0.962 bits per heavy atom. The molecule has 0 aliphatic heterocycles. The fourth-order valence-electron chi connectivity index (χ4n) is 2.17. The molecule has 0 spiro atoms. The molecular formula is C19H22N2O5. The molecule has 0 aliphatic carbocycles. The molecule has 2 amide bonds. The van der Waals surface area contributed by atoms with E-state index in [4.69, 9.17) is 14.2 Å². The molecule has 0 fully saturated rings. The number of rotatable bonds is 7. The predicted molar refractivity (Wildman–Crippen MR) is 96.4 cm³/mol. The monoisotopic (exact) mass is 358 g/mol. The quantitative estimate of drug-likeness (QED) is 0.742. The molecule has 0 heterocycles. The van der Waals surface area contributed by atoms with E-state index >= 15 is 0 Å². The first-order chi connectivity index (χ1) is 12.5. The van der Waals surface area contributed by atoms with Gasteiger partial charge in [-0.1, -0.05) is 18.2 Å². The summed E-state index contributed by atoms with van der Waals surface area (Å²) in [7, 11) is 2.99. The fraction of sp³-hybridized carbons (Fsp3) is 0.263. The maximum atomic E-state index is 12.2. The number of nitrogens with one attached hydrogen (secondary N) is 2. The van der Waals surface area contributed by atoms with Gasteiger partial charge in [0.1, 0.15) is 17.2 Å². The summed E-state index contributed by atoms with van der Waals surface area (Å²) in [4.78, 5) is 24.0. The summed E-state index contributed by atoms with van der Waals surface area (Å²) in [6.45, 7) is 2.14. The number of carbonyl (C=O) groups is 2. The number of aryl methyl sites for hydroxylation is 1. The molecule has 2 aromatic carbocycles. The van der Waals surface area contributed by atoms with Crippen LogP contribution in [-0.2, 0) is 4.79 Å². The number of para-hydroxylation sites is 1. The molecule has 0 bridgehead atoms. The zero-order valence-electron chi connectivity index (χ0n) is 15.0. The largest absolute Gasteiger partial charge is 0.497 e. The zero-order valence-corrected chi connectivity index (χ0v) is 15.0. The molecule has 0 radical (unpaired) electrons. The van der Waals surface area contributed by atoms with Crippen molar-refractivity contribution in [3.8, 4) is 17.2 Å². The van der Waals surface area contributed by atoms with Gasteiger partial charge in [-0.15, -0.1) is 0 Å². The van der Waals surface area contributed by atoms with Crippen LogP contribution in [0.3, 0.4) is 0 Å². The van der Waals surface area contributed by atoms with Crippen LogP contribution in [0.25, 0.3) is 0 Å². The van der Waals surface area contributed by atoms with E-state index in [1.807, 2.05) is 31.2 Å². The van der Waals surface area contributed by atoms with Crippen molar-refractivity contribution in [3.63, 3.8) is 0 Å². The number of amides is 2. The topological polar surface area (TPSA) is 85.9 Å². The van der Waals surface area contributed by atoms with Gasteiger partial charge in [-0.05, 0) is 30.7 Å². The molecule has 2 rings (SSSR count). The lowest BCUT2D eigenvalue weighted by atomic mass is 10.2. The molecule has 26 heavy (non-hydrogen) atoms. The van der Waals surface area contributed by atoms with E-state index in [0.29, 0.717) is 17.1 Å². The van der Waals surface area contributed by atoms with Gasteiger partial charge in [-0.25, -0.2) is 0 Å². The number of hydrogen-bond acceptors (Lipinski definition) is 5. The van der Waals surface area contributed by atoms with E-state index in [0.717, 1.165) is 11.3 Å². The lowest BCUT2D eigenvalue weighted by Gasteiger charge is -2.11. The molecule has 0 saturated carbocycles. The molecule has 0 atom stereocenters. The highest BCUT2D eigenvalue weighted by Gasteiger charge is 2.11. The number of ether oxygens (including phenoxy) is 3. The maximum Gasteiger partial charge on any atom is 0.269 e. The van der Waals surface area contributed by atoms with Crippen molar-refractivity contribution in [2.75, 3.05) is 20.8 Å². The van der Waals surface area contributed by atoms with Gasteiger partial charge in [0.15, 0.2) is 0 Å². The third-order valence-corrected chi connectivity index (χ3v) is 3.61. The predicted octanol–water partition coefficient (Wildman–Crippen LogP) is 2.24. The lowest BCUT2D eigenvalue weighted by molar-refractivity contribution is -0.122. The van der Waals surface area contributed by atoms with Gasteiger partial charge in [0, 0.05) is 11.6 Å². The minimum Gasteiger partial charge on any atom is -0.497 e. The number of hydrogen-bond donors (Lipinski definition) is 2. The Bertz CT molecular complexity index is 754. The van der Waals surface area contributed by atoms with E-state index in [1.54, 1.807) is 18.2 Å². The molecule has 2 N–H and O–H groups in total. The minimum absolute atomic E-state index is 0.107. The summed E-state index contributed by atoms with van der Waals surface area (Å²) in [5.41, 5.74) is 6.01. The molecule has 0 aromatic heterocycles. The first kappa shape index (κ1) is 19.1. The fourth-order valence-corrected chi connectivity index (χ4v) is 2.17. The van der Waals surface area contributed by atoms with Crippen LogP contribution in [0.15, 0.2) is 42.5 Å². The van der Waals surface area contributed by atoms with Gasteiger partial charge < -0.3 is 14.2 Å². The molecule has 0 unspecified atom stereocenters. The number of carbonyl (C=O) groups excluding carboxylic acids is 2. The Kier molecular flexibility index (Phi) is 6.84. The van der Waals surface area contributed by atoms with Crippen LogP contribution in [0.2, 0.25) is 0 Å². The van der Waals surface area contributed by atoms with Crippen molar-refractivity contribution in [2.45, 2.75) is 13.3 Å². The van der Waals surface area contributed by atoms with Crippen LogP contribution < -0.4 is 25.1 Å². The summed E-state index contributed by atoms with van der Waals surface area (Å²) < 4.78 is 15.8. The normalized spacial score (nSPS) is 9.96. The average molecular weight is 358 g/mol. The Morgan fingerprint density at radius 3 is 2.23 bits per heavy atom. The zero-order chi connectivity index (χ0) is 18.9. The second-order valence-corrected chi connectivity index (χ2v) is 5.47. The highest BCUT2D eigenvalue weighted by Crippen LogP contribution is 2.22. The van der Waals surface area contributed by atoms with Gasteiger partial charge in [-0.3, -0.25) is 20.4 Å². The number of benzene rings is 2. The van der Waals surface area contributed by atoms with E-state index in [1.165, 1.54) is 14.2 Å². The Hall–Kier alpha value is -3.22. The van der Waals surface area contributed by atoms with Crippen molar-refractivity contribution in [3.05, 3.63) is 53.6 Å². The second kappa shape index (κ2) is 9.31. The van der Waals surface area contributed by atoms with Crippen molar-refractivity contribution in [1.29, 1.82) is 0 Å². The average Bonchev–Trinajstić information content (AvgIpc) is 2.67. The summed E-state index contributed by atoms with van der Waals surface area (Å²) in [6, 6.07) is 12.3. The van der Waals surface area contributed by atoms with Gasteiger partial charge in [-0.2, -0.15) is 0 Å². The van der Waals surface area contributed by atoms with Crippen LogP contribution >= 0.6 is 0 Å². The van der Waals surface area contributed by atoms with E-state index in [-0.39, 0.29) is 18.9 Å². The summed E-state index contributed by atoms with van der Waals surface area (Å²) >= 11 is 0.